The third kappa shape index (κ3) is 2.24. The molecule has 0 spiro atoms. The first kappa shape index (κ1) is 12.7. The van der Waals surface area contributed by atoms with Gasteiger partial charge in [-0.05, 0) is 36.4 Å². The van der Waals surface area contributed by atoms with Crippen LogP contribution in [0.4, 0.5) is 5.69 Å². The van der Waals surface area contributed by atoms with Crippen LogP contribution in [-0.4, -0.2) is 29.3 Å². The van der Waals surface area contributed by atoms with Gasteiger partial charge < -0.3 is 14.8 Å². The molecule has 0 radical (unpaired) electrons. The van der Waals surface area contributed by atoms with Crippen molar-refractivity contribution in [3.8, 4) is 11.5 Å². The predicted molar refractivity (Wildman–Crippen MR) is 81.5 cm³/mol. The van der Waals surface area contributed by atoms with E-state index < -0.39 is 0 Å². The van der Waals surface area contributed by atoms with Gasteiger partial charge in [0.1, 0.15) is 13.2 Å². The highest BCUT2D eigenvalue weighted by Crippen LogP contribution is 2.31. The van der Waals surface area contributed by atoms with Gasteiger partial charge in [-0.15, -0.1) is 0 Å². The van der Waals surface area contributed by atoms with E-state index in [9.17, 15) is 4.79 Å². The highest BCUT2D eigenvalue weighted by atomic mass is 16.6. The number of anilines is 1. The van der Waals surface area contributed by atoms with Gasteiger partial charge >= 0.3 is 0 Å². The molecule has 1 aliphatic rings. The van der Waals surface area contributed by atoms with Crippen molar-refractivity contribution in [2.75, 3.05) is 18.5 Å². The average Bonchev–Trinajstić information content (AvgIpc) is 3.02. The number of ether oxygens (including phenoxy) is 2. The molecule has 6 heteroatoms. The molecule has 110 valence electrons. The first-order valence-electron chi connectivity index (χ1n) is 6.94. The summed E-state index contributed by atoms with van der Waals surface area (Å²) in [6.07, 6.45) is 1.74. The number of carbonyl (C=O) groups is 1. The van der Waals surface area contributed by atoms with Gasteiger partial charge in [-0.2, -0.15) is 5.10 Å². The van der Waals surface area contributed by atoms with Crippen molar-refractivity contribution in [1.29, 1.82) is 0 Å². The quantitative estimate of drug-likeness (QED) is 0.762. The molecular weight excluding hydrogens is 282 g/mol. The number of hydrogen-bond acceptors (Lipinski definition) is 4. The van der Waals surface area contributed by atoms with E-state index in [0.29, 0.717) is 36.0 Å². The van der Waals surface area contributed by atoms with Crippen molar-refractivity contribution in [3.05, 3.63) is 48.2 Å². The first-order valence-corrected chi connectivity index (χ1v) is 6.94. The summed E-state index contributed by atoms with van der Waals surface area (Å²) in [6.45, 7) is 1.03. The lowest BCUT2D eigenvalue weighted by Gasteiger charge is -2.18. The zero-order valence-corrected chi connectivity index (χ0v) is 11.6. The fourth-order valence-corrected chi connectivity index (χ4v) is 2.40. The number of aromatic amines is 1. The summed E-state index contributed by atoms with van der Waals surface area (Å²) >= 11 is 0. The number of aromatic nitrogens is 2. The Bertz CT molecular complexity index is 857. The molecule has 22 heavy (non-hydrogen) atoms. The third-order valence-corrected chi connectivity index (χ3v) is 3.50. The number of nitrogens with one attached hydrogen (secondary N) is 2. The Hall–Kier alpha value is -3.02. The smallest absolute Gasteiger partial charge is 0.255 e. The van der Waals surface area contributed by atoms with Crippen LogP contribution in [0.2, 0.25) is 0 Å². The predicted octanol–water partition coefficient (Wildman–Crippen LogP) is 2.59. The average molecular weight is 295 g/mol. The Balaban J connectivity index is 1.58. The zero-order chi connectivity index (χ0) is 14.9. The van der Waals surface area contributed by atoms with Crippen LogP contribution in [0.5, 0.6) is 11.5 Å². The summed E-state index contributed by atoms with van der Waals surface area (Å²) in [7, 11) is 0. The van der Waals surface area contributed by atoms with Crippen molar-refractivity contribution in [2.45, 2.75) is 0 Å². The third-order valence-electron chi connectivity index (χ3n) is 3.50. The summed E-state index contributed by atoms with van der Waals surface area (Å²) in [5, 5.41) is 10.7. The maximum Gasteiger partial charge on any atom is 0.255 e. The first-order chi connectivity index (χ1) is 10.8. The molecule has 0 fully saturated rings. The van der Waals surface area contributed by atoms with E-state index in [1.165, 1.54) is 0 Å². The van der Waals surface area contributed by atoms with Gasteiger partial charge in [-0.1, -0.05) is 0 Å². The fourth-order valence-electron chi connectivity index (χ4n) is 2.40. The van der Waals surface area contributed by atoms with Crippen LogP contribution in [0.3, 0.4) is 0 Å². The minimum absolute atomic E-state index is 0.198. The van der Waals surface area contributed by atoms with E-state index in [2.05, 4.69) is 15.5 Å². The summed E-state index contributed by atoms with van der Waals surface area (Å²) < 4.78 is 10.9. The number of hydrogen-bond donors (Lipinski definition) is 2. The molecule has 0 atom stereocenters. The molecule has 1 amide bonds. The summed E-state index contributed by atoms with van der Waals surface area (Å²) in [5.74, 6) is 1.07. The molecule has 0 saturated heterocycles. The minimum Gasteiger partial charge on any atom is -0.486 e. The van der Waals surface area contributed by atoms with E-state index >= 15 is 0 Å². The Morgan fingerprint density at radius 1 is 1.09 bits per heavy atom. The number of fused-ring (bicyclic) bond motifs is 2. The second-order valence-electron chi connectivity index (χ2n) is 4.98. The normalized spacial score (nSPS) is 13.1. The van der Waals surface area contributed by atoms with Crippen molar-refractivity contribution in [2.24, 2.45) is 0 Å². The highest BCUT2D eigenvalue weighted by molar-refractivity contribution is 6.05. The van der Waals surface area contributed by atoms with Gasteiger partial charge in [-0.3, -0.25) is 9.89 Å². The van der Waals surface area contributed by atoms with Crippen LogP contribution in [0.1, 0.15) is 10.4 Å². The molecule has 0 bridgehead atoms. The number of carbonyl (C=O) groups excluding carboxylic acids is 1. The van der Waals surface area contributed by atoms with Gasteiger partial charge in [-0.25, -0.2) is 0 Å². The van der Waals surface area contributed by atoms with E-state index in [1.54, 1.807) is 24.4 Å². The molecule has 1 aliphatic heterocycles. The van der Waals surface area contributed by atoms with Gasteiger partial charge in [0.2, 0.25) is 0 Å². The molecule has 2 heterocycles. The van der Waals surface area contributed by atoms with Gasteiger partial charge in [0.15, 0.2) is 11.5 Å². The van der Waals surface area contributed by atoms with E-state index in [1.807, 2.05) is 18.2 Å². The van der Waals surface area contributed by atoms with Crippen LogP contribution in [-0.2, 0) is 0 Å². The molecule has 3 aromatic rings. The molecule has 6 nitrogen and oxygen atoms in total. The lowest BCUT2D eigenvalue weighted by molar-refractivity contribution is 0.102. The molecular formula is C16H13N3O3. The molecule has 4 rings (SSSR count). The van der Waals surface area contributed by atoms with Gasteiger partial charge in [0.25, 0.3) is 5.91 Å². The Morgan fingerprint density at radius 3 is 2.86 bits per heavy atom. The van der Waals surface area contributed by atoms with Crippen LogP contribution in [0.25, 0.3) is 10.9 Å². The van der Waals surface area contributed by atoms with E-state index in [4.69, 9.17) is 9.47 Å². The monoisotopic (exact) mass is 295 g/mol. The highest BCUT2D eigenvalue weighted by Gasteiger charge is 2.15. The number of amides is 1. The zero-order valence-electron chi connectivity index (χ0n) is 11.6. The summed E-state index contributed by atoms with van der Waals surface area (Å²) in [5.41, 5.74) is 2.10. The molecule has 0 unspecified atom stereocenters. The van der Waals surface area contributed by atoms with E-state index in [0.717, 1.165) is 10.9 Å². The molecule has 2 N–H and O–H groups in total. The second-order valence-corrected chi connectivity index (χ2v) is 4.98. The van der Waals surface area contributed by atoms with E-state index in [-0.39, 0.29) is 5.91 Å². The van der Waals surface area contributed by atoms with Gasteiger partial charge in [0.05, 0.1) is 11.7 Å². The number of H-pyrrole nitrogens is 1. The van der Waals surface area contributed by atoms with Crippen LogP contribution in [0.15, 0.2) is 42.6 Å². The second kappa shape index (κ2) is 5.07. The lowest BCUT2D eigenvalue weighted by Crippen LogP contribution is -2.17. The SMILES string of the molecule is O=C(Nc1ccc2cn[nH]c2c1)c1ccc2c(c1)OCCO2. The Kier molecular flexibility index (Phi) is 2.93. The van der Waals surface area contributed by atoms with Crippen LogP contribution in [0, 0.1) is 0 Å². The van der Waals surface area contributed by atoms with Crippen molar-refractivity contribution in [1.82, 2.24) is 10.2 Å². The molecule has 1 aromatic heterocycles. The molecule has 0 saturated carbocycles. The van der Waals surface area contributed by atoms with Crippen molar-refractivity contribution >= 4 is 22.5 Å². The largest absolute Gasteiger partial charge is 0.486 e. The maximum atomic E-state index is 12.3. The fraction of sp³-hybridized carbons (Fsp3) is 0.125. The molecule has 2 aromatic carbocycles. The van der Waals surface area contributed by atoms with Crippen molar-refractivity contribution < 1.29 is 14.3 Å². The van der Waals surface area contributed by atoms with Crippen LogP contribution < -0.4 is 14.8 Å². The van der Waals surface area contributed by atoms with Gasteiger partial charge in [0, 0.05) is 16.6 Å². The van der Waals surface area contributed by atoms with Crippen molar-refractivity contribution in [3.63, 3.8) is 0 Å². The Labute approximate surface area is 126 Å². The number of benzene rings is 2. The Morgan fingerprint density at radius 2 is 1.95 bits per heavy atom. The summed E-state index contributed by atoms with van der Waals surface area (Å²) in [6, 6.07) is 10.8. The number of rotatable bonds is 2. The minimum atomic E-state index is -0.198. The standard InChI is InChI=1S/C16H13N3O3/c20-16(10-2-4-14-15(7-10)22-6-5-21-14)18-12-3-1-11-9-17-19-13(11)8-12/h1-4,7-9H,5-6H2,(H,17,19)(H,18,20). The lowest BCUT2D eigenvalue weighted by atomic mass is 10.1. The summed E-state index contributed by atoms with van der Waals surface area (Å²) in [4.78, 5) is 12.3. The van der Waals surface area contributed by atoms with Crippen LogP contribution >= 0.6 is 0 Å². The molecule has 0 aliphatic carbocycles. The number of nitrogens with zero attached hydrogens (tertiary/aromatic N) is 1. The topological polar surface area (TPSA) is 76.2 Å². The maximum absolute atomic E-state index is 12.3.